The first-order valence-electron chi connectivity index (χ1n) is 5.43. The molecule has 1 aromatic rings. The SMILES string of the molecule is O=CCN1CC(C=O)=Cc2ncc(OC(F)F)cc21. The van der Waals surface area contributed by atoms with Gasteiger partial charge in [-0.1, -0.05) is 0 Å². The highest BCUT2D eigenvalue weighted by molar-refractivity contribution is 5.88. The van der Waals surface area contributed by atoms with Crippen LogP contribution in [0.1, 0.15) is 5.69 Å². The normalized spacial score (nSPS) is 13.8. The van der Waals surface area contributed by atoms with Gasteiger partial charge < -0.3 is 14.4 Å². The van der Waals surface area contributed by atoms with Crippen molar-refractivity contribution in [2.24, 2.45) is 0 Å². The molecule has 0 saturated heterocycles. The summed E-state index contributed by atoms with van der Waals surface area (Å²) in [5.41, 5.74) is 1.39. The molecule has 2 heterocycles. The van der Waals surface area contributed by atoms with Crippen LogP contribution in [0.3, 0.4) is 0 Å². The van der Waals surface area contributed by atoms with Crippen LogP contribution in [-0.2, 0) is 9.59 Å². The number of aldehydes is 2. The molecular weight excluding hydrogens is 258 g/mol. The van der Waals surface area contributed by atoms with Crippen molar-refractivity contribution in [3.63, 3.8) is 0 Å². The topological polar surface area (TPSA) is 59.5 Å². The number of carbonyl (C=O) groups excluding carboxylic acids is 2. The quantitative estimate of drug-likeness (QED) is 0.753. The van der Waals surface area contributed by atoms with E-state index in [9.17, 15) is 18.4 Å². The van der Waals surface area contributed by atoms with Gasteiger partial charge in [0.05, 0.1) is 24.1 Å². The predicted molar refractivity (Wildman–Crippen MR) is 63.2 cm³/mol. The molecule has 1 aliphatic rings. The van der Waals surface area contributed by atoms with Crippen LogP contribution < -0.4 is 9.64 Å². The summed E-state index contributed by atoms with van der Waals surface area (Å²) in [6, 6.07) is 1.37. The lowest BCUT2D eigenvalue weighted by atomic mass is 10.1. The van der Waals surface area contributed by atoms with Crippen LogP contribution in [0.2, 0.25) is 0 Å². The Balaban J connectivity index is 2.39. The third-order valence-corrected chi connectivity index (χ3v) is 2.58. The van der Waals surface area contributed by atoms with Crippen molar-refractivity contribution >= 4 is 24.3 Å². The number of aromatic nitrogens is 1. The molecule has 5 nitrogen and oxygen atoms in total. The smallest absolute Gasteiger partial charge is 0.387 e. The molecule has 0 atom stereocenters. The summed E-state index contributed by atoms with van der Waals surface area (Å²) in [5, 5.41) is 0. The average Bonchev–Trinajstić information content (AvgIpc) is 2.38. The van der Waals surface area contributed by atoms with Crippen molar-refractivity contribution in [3.8, 4) is 5.75 Å². The highest BCUT2D eigenvalue weighted by Crippen LogP contribution is 2.30. The summed E-state index contributed by atoms with van der Waals surface area (Å²) in [6.45, 7) is -2.67. The van der Waals surface area contributed by atoms with E-state index in [0.717, 1.165) is 6.20 Å². The Kier molecular flexibility index (Phi) is 3.84. The molecule has 2 rings (SSSR count). The summed E-state index contributed by atoms with van der Waals surface area (Å²) >= 11 is 0. The molecule has 7 heteroatoms. The summed E-state index contributed by atoms with van der Waals surface area (Å²) in [5.74, 6) is -0.0902. The van der Waals surface area contributed by atoms with Gasteiger partial charge in [0, 0.05) is 18.2 Å². The zero-order valence-corrected chi connectivity index (χ0v) is 9.75. The second kappa shape index (κ2) is 5.55. The molecule has 0 amide bonds. The third-order valence-electron chi connectivity index (χ3n) is 2.58. The predicted octanol–water partition coefficient (Wildman–Crippen LogP) is 1.28. The minimum atomic E-state index is -2.94. The number of hydrogen-bond acceptors (Lipinski definition) is 5. The van der Waals surface area contributed by atoms with Gasteiger partial charge in [-0.15, -0.1) is 0 Å². The van der Waals surface area contributed by atoms with Gasteiger partial charge in [0.2, 0.25) is 0 Å². The average molecular weight is 268 g/mol. The van der Waals surface area contributed by atoms with Crippen molar-refractivity contribution in [2.75, 3.05) is 18.0 Å². The fourth-order valence-corrected chi connectivity index (χ4v) is 1.83. The lowest BCUT2D eigenvalue weighted by Crippen LogP contribution is -2.31. The summed E-state index contributed by atoms with van der Waals surface area (Å²) < 4.78 is 28.5. The first kappa shape index (κ1) is 13.1. The van der Waals surface area contributed by atoms with Gasteiger partial charge in [-0.05, 0) is 6.08 Å². The summed E-state index contributed by atoms with van der Waals surface area (Å²) in [6.07, 6.45) is 4.04. The maximum Gasteiger partial charge on any atom is 0.387 e. The Morgan fingerprint density at radius 1 is 1.47 bits per heavy atom. The zero-order valence-electron chi connectivity index (χ0n) is 9.75. The lowest BCUT2D eigenvalue weighted by molar-refractivity contribution is -0.107. The molecule has 0 aliphatic carbocycles. The van der Waals surface area contributed by atoms with Crippen LogP contribution >= 0.6 is 0 Å². The minimum Gasteiger partial charge on any atom is -0.433 e. The highest BCUT2D eigenvalue weighted by Gasteiger charge is 2.20. The Morgan fingerprint density at radius 2 is 2.26 bits per heavy atom. The van der Waals surface area contributed by atoms with Crippen molar-refractivity contribution in [2.45, 2.75) is 6.61 Å². The van der Waals surface area contributed by atoms with Crippen LogP contribution in [-0.4, -0.2) is 37.3 Å². The van der Waals surface area contributed by atoms with Gasteiger partial charge in [0.15, 0.2) is 0 Å². The number of carbonyl (C=O) groups is 2. The molecule has 0 bridgehead atoms. The molecule has 0 spiro atoms. The van der Waals surface area contributed by atoms with E-state index in [-0.39, 0.29) is 18.8 Å². The molecule has 0 unspecified atom stereocenters. The van der Waals surface area contributed by atoms with E-state index in [2.05, 4.69) is 9.72 Å². The van der Waals surface area contributed by atoms with E-state index in [0.29, 0.717) is 29.5 Å². The van der Waals surface area contributed by atoms with Crippen LogP contribution in [0.4, 0.5) is 14.5 Å². The summed E-state index contributed by atoms with van der Waals surface area (Å²) in [4.78, 5) is 26.9. The molecule has 0 aromatic carbocycles. The van der Waals surface area contributed by atoms with Crippen LogP contribution in [0.5, 0.6) is 5.75 Å². The number of ether oxygens (including phenoxy) is 1. The number of anilines is 1. The largest absolute Gasteiger partial charge is 0.433 e. The highest BCUT2D eigenvalue weighted by atomic mass is 19.3. The fourth-order valence-electron chi connectivity index (χ4n) is 1.83. The molecule has 0 radical (unpaired) electrons. The first-order valence-corrected chi connectivity index (χ1v) is 5.43. The Bertz CT molecular complexity index is 532. The maximum absolute atomic E-state index is 12.1. The van der Waals surface area contributed by atoms with Crippen molar-refractivity contribution in [1.82, 2.24) is 4.98 Å². The first-order chi connectivity index (χ1) is 9.13. The molecular formula is C12H10F2N2O3. The Labute approximate surface area is 107 Å². The van der Waals surface area contributed by atoms with E-state index in [1.807, 2.05) is 0 Å². The molecule has 0 saturated carbocycles. The fraction of sp³-hybridized carbons (Fsp3) is 0.250. The zero-order chi connectivity index (χ0) is 13.8. The van der Waals surface area contributed by atoms with Gasteiger partial charge in [-0.25, -0.2) is 0 Å². The van der Waals surface area contributed by atoms with Crippen molar-refractivity contribution in [1.29, 1.82) is 0 Å². The number of alkyl halides is 2. The van der Waals surface area contributed by atoms with Gasteiger partial charge >= 0.3 is 6.61 Å². The van der Waals surface area contributed by atoms with E-state index in [1.165, 1.54) is 6.07 Å². The van der Waals surface area contributed by atoms with Gasteiger partial charge in [-0.2, -0.15) is 8.78 Å². The van der Waals surface area contributed by atoms with E-state index in [4.69, 9.17) is 0 Å². The minimum absolute atomic E-state index is 0.0397. The molecule has 19 heavy (non-hydrogen) atoms. The van der Waals surface area contributed by atoms with Gasteiger partial charge in [0.1, 0.15) is 18.3 Å². The molecule has 1 aliphatic heterocycles. The maximum atomic E-state index is 12.1. The number of halogens is 2. The number of hydrogen-bond donors (Lipinski definition) is 0. The molecule has 100 valence electrons. The molecule has 0 fully saturated rings. The number of fused-ring (bicyclic) bond motifs is 1. The van der Waals surface area contributed by atoms with E-state index < -0.39 is 6.61 Å². The van der Waals surface area contributed by atoms with Crippen LogP contribution in [0, 0.1) is 0 Å². The van der Waals surface area contributed by atoms with E-state index >= 15 is 0 Å². The lowest BCUT2D eigenvalue weighted by Gasteiger charge is -2.27. The number of rotatable bonds is 5. The Hall–Kier alpha value is -2.31. The standard InChI is InChI=1S/C12H10F2N2O3/c13-12(14)19-9-4-11-10(15-5-9)3-8(7-18)6-16(11)1-2-17/h2-5,7,12H,1,6H2. The second-order valence-corrected chi connectivity index (χ2v) is 3.84. The molecule has 0 N–H and O–H groups in total. The van der Waals surface area contributed by atoms with Gasteiger partial charge in [-0.3, -0.25) is 9.78 Å². The Morgan fingerprint density at radius 3 is 2.89 bits per heavy atom. The van der Waals surface area contributed by atoms with Crippen LogP contribution in [0.25, 0.3) is 6.08 Å². The van der Waals surface area contributed by atoms with E-state index in [1.54, 1.807) is 11.0 Å². The van der Waals surface area contributed by atoms with Crippen molar-refractivity contribution < 1.29 is 23.1 Å². The van der Waals surface area contributed by atoms with Crippen molar-refractivity contribution in [3.05, 3.63) is 23.5 Å². The second-order valence-electron chi connectivity index (χ2n) is 3.84. The monoisotopic (exact) mass is 268 g/mol. The number of nitrogens with zero attached hydrogens (tertiary/aromatic N) is 2. The summed E-state index contributed by atoms with van der Waals surface area (Å²) in [7, 11) is 0. The van der Waals surface area contributed by atoms with Gasteiger partial charge in [0.25, 0.3) is 0 Å². The number of pyridine rings is 1. The molecule has 1 aromatic heterocycles. The third kappa shape index (κ3) is 2.93. The van der Waals surface area contributed by atoms with Crippen LogP contribution in [0.15, 0.2) is 17.8 Å².